The van der Waals surface area contributed by atoms with E-state index in [-0.39, 0.29) is 11.3 Å². The highest BCUT2D eigenvalue weighted by molar-refractivity contribution is 5.90. The molecule has 2 aromatic carbocycles. The number of ether oxygens (including phenoxy) is 1. The van der Waals surface area contributed by atoms with Crippen LogP contribution in [0.3, 0.4) is 0 Å². The smallest absolute Gasteiger partial charge is 0.335 e. The van der Waals surface area contributed by atoms with Gasteiger partial charge in [-0.05, 0) is 36.8 Å². The average Bonchev–Trinajstić information content (AvgIpc) is 2.47. The number of aromatic hydroxyl groups is 1. The molecule has 2 rings (SSSR count). The molecular weight excluding hydrogens is 270 g/mol. The van der Waals surface area contributed by atoms with Crippen molar-refractivity contribution in [2.24, 2.45) is 4.99 Å². The molecule has 0 unspecified atom stereocenters. The van der Waals surface area contributed by atoms with Crippen molar-refractivity contribution in [2.45, 2.75) is 6.92 Å². The Labute approximate surface area is 122 Å². The summed E-state index contributed by atoms with van der Waals surface area (Å²) in [4.78, 5) is 15.2. The molecular formula is C16H15NO4. The number of nitrogens with zero attached hydrogens (tertiary/aromatic N) is 1. The van der Waals surface area contributed by atoms with Crippen LogP contribution in [0.1, 0.15) is 21.5 Å². The van der Waals surface area contributed by atoms with Gasteiger partial charge in [0.2, 0.25) is 0 Å². The monoisotopic (exact) mass is 285 g/mol. The van der Waals surface area contributed by atoms with E-state index in [1.807, 2.05) is 6.92 Å². The number of hydrogen-bond donors (Lipinski definition) is 2. The van der Waals surface area contributed by atoms with Crippen LogP contribution in [0.25, 0.3) is 0 Å². The number of phenols is 1. The first-order chi connectivity index (χ1) is 10.0. The molecule has 0 spiro atoms. The highest BCUT2D eigenvalue weighted by Gasteiger charge is 2.07. The van der Waals surface area contributed by atoms with E-state index in [9.17, 15) is 9.90 Å². The second-order valence-corrected chi connectivity index (χ2v) is 4.46. The Hall–Kier alpha value is -2.82. The van der Waals surface area contributed by atoms with Gasteiger partial charge in [-0.25, -0.2) is 4.79 Å². The molecule has 2 N–H and O–H groups in total. The number of phenolic OH excluding ortho intramolecular Hbond substituents is 1. The fourth-order valence-electron chi connectivity index (χ4n) is 1.83. The SMILES string of the molecule is COc1cccc(C=Nc2cc(C(=O)O)ccc2C)c1O. The van der Waals surface area contributed by atoms with Crippen LogP contribution in [0.2, 0.25) is 0 Å². The van der Waals surface area contributed by atoms with Crippen LogP contribution in [0.15, 0.2) is 41.4 Å². The fourth-order valence-corrected chi connectivity index (χ4v) is 1.83. The maximum absolute atomic E-state index is 11.0. The Bertz CT molecular complexity index is 707. The molecule has 21 heavy (non-hydrogen) atoms. The Morgan fingerprint density at radius 2 is 2.05 bits per heavy atom. The summed E-state index contributed by atoms with van der Waals surface area (Å²) in [5.41, 5.74) is 2.05. The molecule has 0 aliphatic rings. The summed E-state index contributed by atoms with van der Waals surface area (Å²) < 4.78 is 5.02. The van der Waals surface area contributed by atoms with Gasteiger partial charge < -0.3 is 14.9 Å². The molecule has 0 aliphatic carbocycles. The van der Waals surface area contributed by atoms with Gasteiger partial charge in [-0.1, -0.05) is 12.1 Å². The minimum Gasteiger partial charge on any atom is -0.504 e. The van der Waals surface area contributed by atoms with Gasteiger partial charge in [0, 0.05) is 11.8 Å². The van der Waals surface area contributed by atoms with Crippen LogP contribution < -0.4 is 4.74 Å². The summed E-state index contributed by atoms with van der Waals surface area (Å²) in [6.07, 6.45) is 1.48. The predicted octanol–water partition coefficient (Wildman–Crippen LogP) is 3.16. The van der Waals surface area contributed by atoms with E-state index in [0.29, 0.717) is 17.0 Å². The van der Waals surface area contributed by atoms with E-state index in [0.717, 1.165) is 5.56 Å². The molecule has 0 saturated heterocycles. The van der Waals surface area contributed by atoms with Crippen molar-refractivity contribution < 1.29 is 19.7 Å². The molecule has 0 aliphatic heterocycles. The first-order valence-corrected chi connectivity index (χ1v) is 6.27. The molecule has 0 saturated carbocycles. The molecule has 0 bridgehead atoms. The Morgan fingerprint density at radius 1 is 1.29 bits per heavy atom. The first kappa shape index (κ1) is 14.6. The van der Waals surface area contributed by atoms with Crippen LogP contribution in [0.4, 0.5) is 5.69 Å². The zero-order valence-corrected chi connectivity index (χ0v) is 11.7. The normalized spacial score (nSPS) is 10.8. The van der Waals surface area contributed by atoms with Gasteiger partial charge in [-0.15, -0.1) is 0 Å². The quantitative estimate of drug-likeness (QED) is 0.846. The van der Waals surface area contributed by atoms with Crippen molar-refractivity contribution in [3.05, 3.63) is 53.1 Å². The molecule has 5 nitrogen and oxygen atoms in total. The molecule has 0 aromatic heterocycles. The van der Waals surface area contributed by atoms with Crippen molar-refractivity contribution >= 4 is 17.9 Å². The van der Waals surface area contributed by atoms with Gasteiger partial charge in [-0.3, -0.25) is 4.99 Å². The largest absolute Gasteiger partial charge is 0.504 e. The van der Waals surface area contributed by atoms with Gasteiger partial charge in [0.25, 0.3) is 0 Å². The van der Waals surface area contributed by atoms with Crippen molar-refractivity contribution in [1.29, 1.82) is 0 Å². The number of rotatable bonds is 4. The van der Waals surface area contributed by atoms with E-state index in [4.69, 9.17) is 9.84 Å². The third kappa shape index (κ3) is 3.20. The van der Waals surface area contributed by atoms with Crippen LogP contribution >= 0.6 is 0 Å². The lowest BCUT2D eigenvalue weighted by atomic mass is 10.1. The van der Waals surface area contributed by atoms with Crippen LogP contribution in [0, 0.1) is 6.92 Å². The molecule has 0 heterocycles. The van der Waals surface area contributed by atoms with E-state index >= 15 is 0 Å². The Balaban J connectivity index is 2.38. The molecule has 0 fully saturated rings. The number of carboxylic acids is 1. The molecule has 2 aromatic rings. The number of aryl methyl sites for hydroxylation is 1. The second-order valence-electron chi connectivity index (χ2n) is 4.46. The number of benzene rings is 2. The zero-order valence-electron chi connectivity index (χ0n) is 11.7. The molecule has 5 heteroatoms. The molecule has 0 atom stereocenters. The number of carboxylic acid groups (broad SMARTS) is 1. The highest BCUT2D eigenvalue weighted by atomic mass is 16.5. The van der Waals surface area contributed by atoms with Crippen molar-refractivity contribution in [1.82, 2.24) is 0 Å². The molecule has 108 valence electrons. The van der Waals surface area contributed by atoms with Crippen LogP contribution in [-0.4, -0.2) is 29.5 Å². The zero-order chi connectivity index (χ0) is 15.4. The minimum absolute atomic E-state index is 0.00390. The number of hydrogen-bond acceptors (Lipinski definition) is 4. The van der Waals surface area contributed by atoms with E-state index in [1.165, 1.54) is 25.5 Å². The molecule has 0 radical (unpaired) electrons. The number of para-hydroxylation sites is 1. The maximum Gasteiger partial charge on any atom is 0.335 e. The lowest BCUT2D eigenvalue weighted by Gasteiger charge is -2.05. The summed E-state index contributed by atoms with van der Waals surface area (Å²) in [6.45, 7) is 1.84. The topological polar surface area (TPSA) is 79.1 Å². The van der Waals surface area contributed by atoms with Gasteiger partial charge in [0.1, 0.15) is 0 Å². The lowest BCUT2D eigenvalue weighted by Crippen LogP contribution is -1.95. The first-order valence-electron chi connectivity index (χ1n) is 6.27. The van der Waals surface area contributed by atoms with Crippen molar-refractivity contribution in [2.75, 3.05) is 7.11 Å². The van der Waals surface area contributed by atoms with Gasteiger partial charge in [0.05, 0.1) is 18.4 Å². The fraction of sp³-hybridized carbons (Fsp3) is 0.125. The lowest BCUT2D eigenvalue weighted by molar-refractivity contribution is 0.0697. The summed E-state index contributed by atoms with van der Waals surface area (Å²) >= 11 is 0. The standard InChI is InChI=1S/C16H15NO4/c1-10-6-7-11(16(19)20)8-13(10)17-9-12-4-3-5-14(21-2)15(12)18/h3-9,18H,1-2H3,(H,19,20). The number of aliphatic imine (C=N–C) groups is 1. The average molecular weight is 285 g/mol. The third-order valence-corrected chi connectivity index (χ3v) is 3.05. The minimum atomic E-state index is -1.00. The van der Waals surface area contributed by atoms with E-state index < -0.39 is 5.97 Å². The summed E-state index contributed by atoms with van der Waals surface area (Å²) in [5, 5.41) is 19.0. The summed E-state index contributed by atoms with van der Waals surface area (Å²) in [6, 6.07) is 9.79. The van der Waals surface area contributed by atoms with E-state index in [1.54, 1.807) is 24.3 Å². The van der Waals surface area contributed by atoms with Gasteiger partial charge in [0.15, 0.2) is 11.5 Å². The second kappa shape index (κ2) is 6.09. The van der Waals surface area contributed by atoms with Crippen LogP contribution in [-0.2, 0) is 0 Å². The molecule has 0 amide bonds. The van der Waals surface area contributed by atoms with E-state index in [2.05, 4.69) is 4.99 Å². The van der Waals surface area contributed by atoms with Gasteiger partial charge in [-0.2, -0.15) is 0 Å². The summed E-state index contributed by atoms with van der Waals surface area (Å²) in [7, 11) is 1.47. The predicted molar refractivity (Wildman–Crippen MR) is 80.1 cm³/mol. The van der Waals surface area contributed by atoms with Gasteiger partial charge >= 0.3 is 5.97 Å². The van der Waals surface area contributed by atoms with Crippen molar-refractivity contribution in [3.8, 4) is 11.5 Å². The maximum atomic E-state index is 11.0. The summed E-state index contributed by atoms with van der Waals surface area (Å²) in [5.74, 6) is -0.651. The van der Waals surface area contributed by atoms with Crippen molar-refractivity contribution in [3.63, 3.8) is 0 Å². The highest BCUT2D eigenvalue weighted by Crippen LogP contribution is 2.29. The van der Waals surface area contributed by atoms with Crippen LogP contribution in [0.5, 0.6) is 11.5 Å². The Morgan fingerprint density at radius 3 is 2.71 bits per heavy atom. The number of aromatic carboxylic acids is 1. The Kier molecular flexibility index (Phi) is 4.23. The number of methoxy groups -OCH3 is 1. The number of carbonyl (C=O) groups is 1. The third-order valence-electron chi connectivity index (χ3n) is 3.05.